The number of carbonyl (C=O) groups is 1. The van der Waals surface area contributed by atoms with Gasteiger partial charge in [-0.05, 0) is 25.2 Å². The lowest BCUT2D eigenvalue weighted by Gasteiger charge is -2.34. The molecule has 2 unspecified atom stereocenters. The van der Waals surface area contributed by atoms with Crippen LogP contribution in [0, 0.1) is 5.92 Å². The standard InChI is InChI=1S/C13H18O2/c1-3-9-8-10(4-2)15-12-7-5-6-11(14)13(9)12/h4,9-10H,2-3,5-8H2,1H3. The van der Waals surface area contributed by atoms with E-state index in [1.807, 2.05) is 6.08 Å². The molecule has 0 saturated heterocycles. The van der Waals surface area contributed by atoms with E-state index in [9.17, 15) is 4.79 Å². The smallest absolute Gasteiger partial charge is 0.162 e. The molecule has 0 N–H and O–H groups in total. The van der Waals surface area contributed by atoms with Gasteiger partial charge in [-0.3, -0.25) is 4.79 Å². The predicted molar refractivity (Wildman–Crippen MR) is 59.4 cm³/mol. The molecule has 2 atom stereocenters. The summed E-state index contributed by atoms with van der Waals surface area (Å²) in [5.41, 5.74) is 0.988. The second kappa shape index (κ2) is 4.21. The summed E-state index contributed by atoms with van der Waals surface area (Å²) in [5, 5.41) is 0. The summed E-state index contributed by atoms with van der Waals surface area (Å²) < 4.78 is 5.78. The van der Waals surface area contributed by atoms with Gasteiger partial charge in [-0.1, -0.05) is 19.6 Å². The number of hydrogen-bond donors (Lipinski definition) is 0. The first-order chi connectivity index (χ1) is 7.26. The van der Waals surface area contributed by atoms with E-state index in [1.54, 1.807) is 0 Å². The van der Waals surface area contributed by atoms with Gasteiger partial charge in [0.2, 0.25) is 0 Å². The van der Waals surface area contributed by atoms with Gasteiger partial charge in [0.25, 0.3) is 0 Å². The maximum Gasteiger partial charge on any atom is 0.162 e. The number of Topliss-reactive ketones (excluding diaryl/α,β-unsaturated/α-hetero) is 1. The van der Waals surface area contributed by atoms with E-state index in [4.69, 9.17) is 4.74 Å². The summed E-state index contributed by atoms with van der Waals surface area (Å²) in [6.07, 6.45) is 6.49. The van der Waals surface area contributed by atoms with E-state index in [0.29, 0.717) is 18.1 Å². The van der Waals surface area contributed by atoms with Gasteiger partial charge in [-0.15, -0.1) is 0 Å². The highest BCUT2D eigenvalue weighted by molar-refractivity contribution is 5.97. The first-order valence-electron chi connectivity index (χ1n) is 5.81. The third-order valence-electron chi connectivity index (χ3n) is 3.38. The zero-order valence-corrected chi connectivity index (χ0v) is 9.29. The second-order valence-corrected chi connectivity index (χ2v) is 4.35. The Balaban J connectivity index is 2.31. The van der Waals surface area contributed by atoms with Crippen LogP contribution < -0.4 is 0 Å². The molecule has 0 amide bonds. The second-order valence-electron chi connectivity index (χ2n) is 4.35. The van der Waals surface area contributed by atoms with Crippen LogP contribution in [0.2, 0.25) is 0 Å². The lowest BCUT2D eigenvalue weighted by Crippen LogP contribution is -2.30. The number of ketones is 1. The molecule has 1 aliphatic carbocycles. The molecule has 0 aromatic rings. The Kier molecular flexibility index (Phi) is 2.94. The number of rotatable bonds is 2. The predicted octanol–water partition coefficient (Wildman–Crippen LogP) is 2.99. The molecule has 15 heavy (non-hydrogen) atoms. The number of carbonyl (C=O) groups excluding carboxylic acids is 1. The Morgan fingerprint density at radius 2 is 2.33 bits per heavy atom. The largest absolute Gasteiger partial charge is 0.490 e. The molecule has 2 aliphatic rings. The number of hydrogen-bond acceptors (Lipinski definition) is 2. The van der Waals surface area contributed by atoms with Crippen molar-refractivity contribution in [1.29, 1.82) is 0 Å². The van der Waals surface area contributed by atoms with Crippen LogP contribution in [0.15, 0.2) is 24.0 Å². The van der Waals surface area contributed by atoms with E-state index >= 15 is 0 Å². The quantitative estimate of drug-likeness (QED) is 0.649. The molecule has 0 spiro atoms. The van der Waals surface area contributed by atoms with Crippen molar-refractivity contribution in [3.05, 3.63) is 24.0 Å². The molecule has 0 aromatic carbocycles. The molecule has 82 valence electrons. The zero-order chi connectivity index (χ0) is 10.8. The molecule has 0 radical (unpaired) electrons. The SMILES string of the molecule is C=CC1CC(CC)C2=C(CCCC2=O)O1. The maximum absolute atomic E-state index is 11.8. The Bertz CT molecular complexity index is 314. The van der Waals surface area contributed by atoms with Crippen LogP contribution >= 0.6 is 0 Å². The van der Waals surface area contributed by atoms with Gasteiger partial charge >= 0.3 is 0 Å². The molecule has 0 bridgehead atoms. The fourth-order valence-electron chi connectivity index (χ4n) is 2.56. The van der Waals surface area contributed by atoms with Crippen LogP contribution in [-0.2, 0) is 9.53 Å². The van der Waals surface area contributed by atoms with Crippen LogP contribution in [0.5, 0.6) is 0 Å². The van der Waals surface area contributed by atoms with Crippen LogP contribution in [0.25, 0.3) is 0 Å². The summed E-state index contributed by atoms with van der Waals surface area (Å²) in [6, 6.07) is 0. The first-order valence-corrected chi connectivity index (χ1v) is 5.81. The van der Waals surface area contributed by atoms with Crippen LogP contribution in [0.3, 0.4) is 0 Å². The van der Waals surface area contributed by atoms with Crippen LogP contribution in [0.1, 0.15) is 39.0 Å². The first kappa shape index (κ1) is 10.5. The highest BCUT2D eigenvalue weighted by Crippen LogP contribution is 2.38. The van der Waals surface area contributed by atoms with E-state index in [2.05, 4.69) is 13.5 Å². The van der Waals surface area contributed by atoms with Crippen molar-refractivity contribution >= 4 is 5.78 Å². The normalized spacial score (nSPS) is 30.9. The van der Waals surface area contributed by atoms with Crippen LogP contribution in [0.4, 0.5) is 0 Å². The Morgan fingerprint density at radius 1 is 1.53 bits per heavy atom. The van der Waals surface area contributed by atoms with Gasteiger partial charge in [0, 0.05) is 18.4 Å². The Labute approximate surface area is 91.0 Å². The monoisotopic (exact) mass is 206 g/mol. The average molecular weight is 206 g/mol. The zero-order valence-electron chi connectivity index (χ0n) is 9.29. The summed E-state index contributed by atoms with van der Waals surface area (Å²) in [4.78, 5) is 11.8. The molecule has 2 rings (SSSR count). The van der Waals surface area contributed by atoms with Crippen molar-refractivity contribution in [3.8, 4) is 0 Å². The van der Waals surface area contributed by atoms with Gasteiger partial charge in [0.1, 0.15) is 11.9 Å². The van der Waals surface area contributed by atoms with Crippen molar-refractivity contribution in [2.45, 2.75) is 45.1 Å². The average Bonchev–Trinajstić information content (AvgIpc) is 2.27. The summed E-state index contributed by atoms with van der Waals surface area (Å²) in [7, 11) is 0. The maximum atomic E-state index is 11.8. The van der Waals surface area contributed by atoms with E-state index in [1.165, 1.54) is 0 Å². The molecule has 0 aromatic heterocycles. The minimum atomic E-state index is 0.111. The van der Waals surface area contributed by atoms with E-state index in [-0.39, 0.29) is 6.10 Å². The third-order valence-corrected chi connectivity index (χ3v) is 3.38. The number of allylic oxidation sites excluding steroid dienone is 2. The minimum absolute atomic E-state index is 0.111. The van der Waals surface area contributed by atoms with Gasteiger partial charge in [0.05, 0.1) is 0 Å². The van der Waals surface area contributed by atoms with Crippen molar-refractivity contribution in [3.63, 3.8) is 0 Å². The third kappa shape index (κ3) is 1.85. The molecule has 1 heterocycles. The van der Waals surface area contributed by atoms with Crippen molar-refractivity contribution in [2.24, 2.45) is 5.92 Å². The summed E-state index contributed by atoms with van der Waals surface area (Å²) in [6.45, 7) is 5.92. The summed E-state index contributed by atoms with van der Waals surface area (Å²) >= 11 is 0. The fourth-order valence-corrected chi connectivity index (χ4v) is 2.56. The highest BCUT2D eigenvalue weighted by atomic mass is 16.5. The fraction of sp³-hybridized carbons (Fsp3) is 0.615. The van der Waals surface area contributed by atoms with Gasteiger partial charge in [-0.2, -0.15) is 0 Å². The highest BCUT2D eigenvalue weighted by Gasteiger charge is 2.33. The molecule has 0 saturated carbocycles. The molecule has 2 heteroatoms. The molecule has 2 nitrogen and oxygen atoms in total. The van der Waals surface area contributed by atoms with Crippen molar-refractivity contribution < 1.29 is 9.53 Å². The Hall–Kier alpha value is -1.05. The lowest BCUT2D eigenvalue weighted by molar-refractivity contribution is -0.117. The van der Waals surface area contributed by atoms with Crippen molar-refractivity contribution in [1.82, 2.24) is 0 Å². The minimum Gasteiger partial charge on any atom is -0.490 e. The Morgan fingerprint density at radius 3 is 3.00 bits per heavy atom. The molecular weight excluding hydrogens is 188 g/mol. The molecular formula is C13H18O2. The van der Waals surface area contributed by atoms with Gasteiger partial charge < -0.3 is 4.74 Å². The van der Waals surface area contributed by atoms with E-state index < -0.39 is 0 Å². The van der Waals surface area contributed by atoms with Gasteiger partial charge in [0.15, 0.2) is 5.78 Å². The van der Waals surface area contributed by atoms with E-state index in [0.717, 1.165) is 37.0 Å². The topological polar surface area (TPSA) is 26.3 Å². The summed E-state index contributed by atoms with van der Waals surface area (Å²) in [5.74, 6) is 1.66. The van der Waals surface area contributed by atoms with Crippen molar-refractivity contribution in [2.75, 3.05) is 0 Å². The molecule has 1 aliphatic heterocycles. The molecule has 0 fully saturated rings. The number of ether oxygens (including phenoxy) is 1. The van der Waals surface area contributed by atoms with Gasteiger partial charge in [-0.25, -0.2) is 0 Å². The van der Waals surface area contributed by atoms with Crippen LogP contribution in [-0.4, -0.2) is 11.9 Å². The lowest BCUT2D eigenvalue weighted by atomic mass is 9.80.